The fourth-order valence-electron chi connectivity index (χ4n) is 4.34. The number of hydrogen-bond acceptors (Lipinski definition) is 0. The monoisotopic (exact) mass is 339 g/mol. The summed E-state index contributed by atoms with van der Waals surface area (Å²) in [5, 5.41) is 5.92. The van der Waals surface area contributed by atoms with Gasteiger partial charge in [0.15, 0.2) is 0 Å². The molecule has 0 saturated carbocycles. The summed E-state index contributed by atoms with van der Waals surface area (Å²) < 4.78 is 0. The Labute approximate surface area is 149 Å². The molecular weight excluding hydrogens is 319 g/mol. The molecule has 4 aromatic rings. The lowest BCUT2D eigenvalue weighted by atomic mass is 10.0. The van der Waals surface area contributed by atoms with Crippen LogP contribution in [0, 0.1) is 0 Å². The van der Waals surface area contributed by atoms with Crippen molar-refractivity contribution in [2.75, 3.05) is 0 Å². The van der Waals surface area contributed by atoms with Gasteiger partial charge in [-0.25, -0.2) is 0 Å². The van der Waals surface area contributed by atoms with Crippen molar-refractivity contribution in [3.63, 3.8) is 0 Å². The maximum Gasteiger partial charge on any atom is 0.0999 e. The van der Waals surface area contributed by atoms with Crippen molar-refractivity contribution in [2.24, 2.45) is 0 Å². The van der Waals surface area contributed by atoms with Crippen LogP contribution in [0.25, 0.3) is 10.8 Å². The van der Waals surface area contributed by atoms with Crippen molar-refractivity contribution in [2.45, 2.75) is 12.3 Å². The molecular formula is C24H20P+. The van der Waals surface area contributed by atoms with Gasteiger partial charge in [-0.3, -0.25) is 0 Å². The van der Waals surface area contributed by atoms with Crippen LogP contribution in [-0.4, -0.2) is 0 Å². The van der Waals surface area contributed by atoms with Crippen LogP contribution in [0.5, 0.6) is 0 Å². The van der Waals surface area contributed by atoms with Gasteiger partial charge in [0, 0.05) is 0 Å². The fraction of sp³-hybridized carbons (Fsp3) is 0.0833. The average Bonchev–Trinajstić information content (AvgIpc) is 2.69. The van der Waals surface area contributed by atoms with E-state index in [0.717, 1.165) is 12.3 Å². The molecule has 0 amide bonds. The number of hydrogen-bond donors (Lipinski definition) is 0. The standard InChI is InChI=1S/C24H20P/c1-3-13-22(14-4-1)25(23-15-5-2-6-16-23)17-20-11-7-9-19-10-8-12-21(18-25)24(19)20/h1-16H,17-18H2/q+1. The molecule has 0 aromatic heterocycles. The maximum atomic E-state index is 2.34. The van der Waals surface area contributed by atoms with E-state index in [1.165, 1.54) is 32.5 Å². The molecule has 1 heteroatoms. The van der Waals surface area contributed by atoms with Crippen molar-refractivity contribution in [1.82, 2.24) is 0 Å². The quantitative estimate of drug-likeness (QED) is 0.422. The molecule has 5 rings (SSSR count). The van der Waals surface area contributed by atoms with Crippen LogP contribution in [0.4, 0.5) is 0 Å². The normalized spacial score (nSPS) is 15.2. The lowest BCUT2D eigenvalue weighted by Gasteiger charge is -2.32. The van der Waals surface area contributed by atoms with Crippen molar-refractivity contribution >= 4 is 28.6 Å². The Hall–Kier alpha value is -2.43. The predicted octanol–water partition coefficient (Wildman–Crippen LogP) is 5.52. The summed E-state index contributed by atoms with van der Waals surface area (Å²) in [6.07, 6.45) is 2.32. The van der Waals surface area contributed by atoms with E-state index >= 15 is 0 Å². The van der Waals surface area contributed by atoms with Crippen molar-refractivity contribution in [3.8, 4) is 0 Å². The van der Waals surface area contributed by atoms with Crippen LogP contribution in [-0.2, 0) is 12.3 Å². The summed E-state index contributed by atoms with van der Waals surface area (Å²) >= 11 is 0. The first kappa shape index (κ1) is 14.9. The Morgan fingerprint density at radius 1 is 0.480 bits per heavy atom. The minimum atomic E-state index is -1.49. The van der Waals surface area contributed by atoms with E-state index in [1.54, 1.807) is 0 Å². The van der Waals surface area contributed by atoms with E-state index in [2.05, 4.69) is 97.1 Å². The first-order valence-electron chi connectivity index (χ1n) is 8.85. The van der Waals surface area contributed by atoms with E-state index in [0.29, 0.717) is 0 Å². The van der Waals surface area contributed by atoms with Gasteiger partial charge < -0.3 is 0 Å². The van der Waals surface area contributed by atoms with E-state index in [4.69, 9.17) is 0 Å². The van der Waals surface area contributed by atoms with Gasteiger partial charge in [0.1, 0.15) is 0 Å². The molecule has 120 valence electrons. The Morgan fingerprint density at radius 2 is 0.960 bits per heavy atom. The highest BCUT2D eigenvalue weighted by Gasteiger charge is 2.46. The summed E-state index contributed by atoms with van der Waals surface area (Å²) in [5.74, 6) is 0. The van der Waals surface area contributed by atoms with Crippen molar-refractivity contribution < 1.29 is 0 Å². The highest BCUT2D eigenvalue weighted by molar-refractivity contribution is 7.88. The number of rotatable bonds is 2. The van der Waals surface area contributed by atoms with Gasteiger partial charge in [-0.05, 0) is 46.2 Å². The molecule has 0 radical (unpaired) electrons. The zero-order valence-corrected chi connectivity index (χ0v) is 15.0. The molecule has 1 aliphatic heterocycles. The topological polar surface area (TPSA) is 0 Å². The Balaban J connectivity index is 1.79. The Morgan fingerprint density at radius 3 is 1.44 bits per heavy atom. The van der Waals surface area contributed by atoms with Gasteiger partial charge in [-0.2, -0.15) is 0 Å². The lowest BCUT2D eigenvalue weighted by molar-refractivity contribution is 1.29. The second-order valence-corrected chi connectivity index (χ2v) is 10.5. The van der Waals surface area contributed by atoms with Crippen LogP contribution in [0.1, 0.15) is 11.1 Å². The van der Waals surface area contributed by atoms with Gasteiger partial charge in [-0.1, -0.05) is 72.8 Å². The minimum absolute atomic E-state index is 1.16. The van der Waals surface area contributed by atoms with Crippen LogP contribution >= 0.6 is 7.26 Å². The third-order valence-corrected chi connectivity index (χ3v) is 9.79. The summed E-state index contributed by atoms with van der Waals surface area (Å²) in [7, 11) is -1.49. The SMILES string of the molecule is c1ccc([P+]2(c3ccccc3)Cc3cccc4cccc(c34)C2)cc1. The Bertz CT molecular complexity index is 953. The first-order valence-corrected chi connectivity index (χ1v) is 11.0. The summed E-state index contributed by atoms with van der Waals surface area (Å²) in [6.45, 7) is 0. The van der Waals surface area contributed by atoms with E-state index in [9.17, 15) is 0 Å². The molecule has 0 spiro atoms. The largest absolute Gasteiger partial charge is 0.0999 e. The van der Waals surface area contributed by atoms with Gasteiger partial charge in [0.05, 0.1) is 30.2 Å². The number of benzene rings is 4. The minimum Gasteiger partial charge on any atom is -0.0620 e. The molecule has 25 heavy (non-hydrogen) atoms. The van der Waals surface area contributed by atoms with Crippen LogP contribution in [0.15, 0.2) is 97.1 Å². The molecule has 1 heterocycles. The fourth-order valence-corrected chi connectivity index (χ4v) is 8.66. The smallest absolute Gasteiger partial charge is 0.0620 e. The van der Waals surface area contributed by atoms with Crippen LogP contribution in [0.3, 0.4) is 0 Å². The van der Waals surface area contributed by atoms with Crippen LogP contribution < -0.4 is 10.6 Å². The molecule has 0 aliphatic carbocycles. The summed E-state index contributed by atoms with van der Waals surface area (Å²) in [5.41, 5.74) is 3.03. The predicted molar refractivity (Wildman–Crippen MR) is 110 cm³/mol. The zero-order valence-electron chi connectivity index (χ0n) is 14.1. The van der Waals surface area contributed by atoms with E-state index in [-0.39, 0.29) is 0 Å². The molecule has 4 aromatic carbocycles. The maximum absolute atomic E-state index is 2.34. The average molecular weight is 339 g/mol. The molecule has 0 atom stereocenters. The molecule has 0 bridgehead atoms. The molecule has 1 aliphatic rings. The highest BCUT2D eigenvalue weighted by atomic mass is 31.2. The molecule has 0 unspecified atom stereocenters. The lowest BCUT2D eigenvalue weighted by Crippen LogP contribution is -2.27. The van der Waals surface area contributed by atoms with Crippen LogP contribution in [0.2, 0.25) is 0 Å². The summed E-state index contributed by atoms with van der Waals surface area (Å²) in [6, 6.07) is 36.0. The van der Waals surface area contributed by atoms with Gasteiger partial charge >= 0.3 is 0 Å². The highest BCUT2D eigenvalue weighted by Crippen LogP contribution is 2.65. The van der Waals surface area contributed by atoms with Crippen molar-refractivity contribution in [1.29, 1.82) is 0 Å². The first-order chi connectivity index (χ1) is 12.4. The van der Waals surface area contributed by atoms with Gasteiger partial charge in [0.25, 0.3) is 0 Å². The van der Waals surface area contributed by atoms with E-state index in [1.807, 2.05) is 0 Å². The molecule has 0 saturated heterocycles. The Kier molecular flexibility index (Phi) is 3.47. The van der Waals surface area contributed by atoms with Gasteiger partial charge in [0.2, 0.25) is 0 Å². The molecule has 0 nitrogen and oxygen atoms in total. The van der Waals surface area contributed by atoms with Crippen molar-refractivity contribution in [3.05, 3.63) is 108 Å². The zero-order chi connectivity index (χ0) is 16.7. The second kappa shape index (κ2) is 5.83. The third kappa shape index (κ3) is 2.33. The van der Waals surface area contributed by atoms with E-state index < -0.39 is 7.26 Å². The molecule has 0 N–H and O–H groups in total. The summed E-state index contributed by atoms with van der Waals surface area (Å²) in [4.78, 5) is 0. The second-order valence-electron chi connectivity index (χ2n) is 6.89. The molecule has 0 fully saturated rings. The van der Waals surface area contributed by atoms with Gasteiger partial charge in [-0.15, -0.1) is 0 Å². The third-order valence-electron chi connectivity index (χ3n) is 5.46.